The molecule has 0 aromatic carbocycles. The van der Waals surface area contributed by atoms with Gasteiger partial charge in [-0.25, -0.2) is 0 Å². The standard InChI is InChI=1S/C11H19N3S/c1-3-9-4-6-10(7-5-9)12-11-14-13-8(2)15-11/h9-10H,3-7H2,1-2H3,(H,12,14). The summed E-state index contributed by atoms with van der Waals surface area (Å²) >= 11 is 1.65. The lowest BCUT2D eigenvalue weighted by molar-refractivity contribution is 0.330. The molecule has 0 unspecified atom stereocenters. The molecule has 0 aliphatic heterocycles. The summed E-state index contributed by atoms with van der Waals surface area (Å²) in [5, 5.41) is 13.7. The van der Waals surface area contributed by atoms with Crippen molar-refractivity contribution in [2.45, 2.75) is 52.0 Å². The van der Waals surface area contributed by atoms with E-state index in [1.165, 1.54) is 32.1 Å². The monoisotopic (exact) mass is 225 g/mol. The molecule has 4 heteroatoms. The zero-order valence-corrected chi connectivity index (χ0v) is 10.3. The van der Waals surface area contributed by atoms with Crippen molar-refractivity contribution in [3.05, 3.63) is 5.01 Å². The van der Waals surface area contributed by atoms with Crippen molar-refractivity contribution >= 4 is 16.5 Å². The lowest BCUT2D eigenvalue weighted by atomic mass is 9.85. The topological polar surface area (TPSA) is 37.8 Å². The van der Waals surface area contributed by atoms with Crippen LogP contribution in [0.4, 0.5) is 5.13 Å². The number of rotatable bonds is 3. The minimum absolute atomic E-state index is 0.625. The quantitative estimate of drug-likeness (QED) is 0.858. The number of nitrogens with one attached hydrogen (secondary N) is 1. The maximum Gasteiger partial charge on any atom is 0.205 e. The van der Waals surface area contributed by atoms with E-state index in [0.717, 1.165) is 16.1 Å². The number of hydrogen-bond donors (Lipinski definition) is 1. The van der Waals surface area contributed by atoms with Gasteiger partial charge in [0, 0.05) is 6.04 Å². The van der Waals surface area contributed by atoms with Crippen LogP contribution in [0.2, 0.25) is 0 Å². The van der Waals surface area contributed by atoms with Crippen LogP contribution in [0.25, 0.3) is 0 Å². The molecule has 0 atom stereocenters. The number of nitrogens with zero attached hydrogens (tertiary/aromatic N) is 2. The Bertz CT molecular complexity index is 303. The Balaban J connectivity index is 1.82. The highest BCUT2D eigenvalue weighted by Gasteiger charge is 2.20. The van der Waals surface area contributed by atoms with E-state index in [-0.39, 0.29) is 0 Å². The number of hydrogen-bond acceptors (Lipinski definition) is 4. The third-order valence-electron chi connectivity index (χ3n) is 3.28. The first kappa shape index (κ1) is 10.9. The van der Waals surface area contributed by atoms with Crippen molar-refractivity contribution in [2.75, 3.05) is 5.32 Å². The lowest BCUT2D eigenvalue weighted by Crippen LogP contribution is -2.25. The molecule has 1 fully saturated rings. The van der Waals surface area contributed by atoms with Gasteiger partial charge in [0.15, 0.2) is 0 Å². The molecule has 3 nitrogen and oxygen atoms in total. The largest absolute Gasteiger partial charge is 0.357 e. The smallest absolute Gasteiger partial charge is 0.205 e. The molecule has 1 N–H and O–H groups in total. The first-order valence-corrected chi connectivity index (χ1v) is 6.66. The highest BCUT2D eigenvalue weighted by atomic mass is 32.1. The average Bonchev–Trinajstić information content (AvgIpc) is 2.65. The minimum atomic E-state index is 0.625. The minimum Gasteiger partial charge on any atom is -0.357 e. The fourth-order valence-corrected chi connectivity index (χ4v) is 2.91. The summed E-state index contributed by atoms with van der Waals surface area (Å²) in [7, 11) is 0. The predicted molar refractivity (Wildman–Crippen MR) is 64.3 cm³/mol. The highest BCUT2D eigenvalue weighted by Crippen LogP contribution is 2.28. The van der Waals surface area contributed by atoms with Crippen LogP contribution < -0.4 is 5.32 Å². The van der Waals surface area contributed by atoms with Crippen LogP contribution in [0, 0.1) is 12.8 Å². The molecular weight excluding hydrogens is 206 g/mol. The van der Waals surface area contributed by atoms with E-state index in [9.17, 15) is 0 Å². The molecule has 2 rings (SSSR count). The van der Waals surface area contributed by atoms with Gasteiger partial charge >= 0.3 is 0 Å². The van der Waals surface area contributed by atoms with Gasteiger partial charge in [-0.2, -0.15) is 0 Å². The van der Waals surface area contributed by atoms with Crippen LogP contribution in [-0.4, -0.2) is 16.2 Å². The van der Waals surface area contributed by atoms with E-state index < -0.39 is 0 Å². The van der Waals surface area contributed by atoms with Gasteiger partial charge in [0.1, 0.15) is 5.01 Å². The summed E-state index contributed by atoms with van der Waals surface area (Å²) in [6.45, 7) is 4.29. The average molecular weight is 225 g/mol. The molecule has 0 radical (unpaired) electrons. The van der Waals surface area contributed by atoms with Crippen molar-refractivity contribution in [3.63, 3.8) is 0 Å². The molecule has 0 spiro atoms. The van der Waals surface area contributed by atoms with Crippen LogP contribution in [-0.2, 0) is 0 Å². The third kappa shape index (κ3) is 2.91. The van der Waals surface area contributed by atoms with E-state index in [1.54, 1.807) is 11.3 Å². The maximum atomic E-state index is 4.11. The number of anilines is 1. The van der Waals surface area contributed by atoms with Crippen molar-refractivity contribution in [2.24, 2.45) is 5.92 Å². The van der Waals surface area contributed by atoms with Gasteiger partial charge in [-0.15, -0.1) is 10.2 Å². The molecule has 15 heavy (non-hydrogen) atoms. The zero-order valence-electron chi connectivity index (χ0n) is 9.49. The molecule has 1 saturated carbocycles. The molecular formula is C11H19N3S. The van der Waals surface area contributed by atoms with Crippen LogP contribution in [0.5, 0.6) is 0 Å². The van der Waals surface area contributed by atoms with Gasteiger partial charge in [-0.3, -0.25) is 0 Å². The van der Waals surface area contributed by atoms with E-state index in [1.807, 2.05) is 6.92 Å². The summed E-state index contributed by atoms with van der Waals surface area (Å²) in [5.74, 6) is 0.958. The summed E-state index contributed by atoms with van der Waals surface area (Å²) in [6, 6.07) is 0.625. The van der Waals surface area contributed by atoms with Gasteiger partial charge in [0.25, 0.3) is 0 Å². The van der Waals surface area contributed by atoms with E-state index in [0.29, 0.717) is 6.04 Å². The second-order valence-electron chi connectivity index (χ2n) is 4.40. The molecule has 1 aliphatic rings. The molecule has 0 saturated heterocycles. The van der Waals surface area contributed by atoms with Crippen LogP contribution in [0.1, 0.15) is 44.0 Å². The van der Waals surface area contributed by atoms with Gasteiger partial charge in [-0.05, 0) is 38.5 Å². The summed E-state index contributed by atoms with van der Waals surface area (Å²) in [6.07, 6.45) is 6.65. The molecule has 1 aromatic heterocycles. The van der Waals surface area contributed by atoms with Gasteiger partial charge in [0.2, 0.25) is 5.13 Å². The molecule has 0 amide bonds. The number of aromatic nitrogens is 2. The highest BCUT2D eigenvalue weighted by molar-refractivity contribution is 7.15. The van der Waals surface area contributed by atoms with Crippen LogP contribution in [0.15, 0.2) is 0 Å². The van der Waals surface area contributed by atoms with Crippen molar-refractivity contribution in [1.29, 1.82) is 0 Å². The van der Waals surface area contributed by atoms with E-state index in [4.69, 9.17) is 0 Å². The van der Waals surface area contributed by atoms with Gasteiger partial charge in [0.05, 0.1) is 0 Å². The van der Waals surface area contributed by atoms with Gasteiger partial charge in [-0.1, -0.05) is 24.7 Å². The van der Waals surface area contributed by atoms with E-state index >= 15 is 0 Å². The van der Waals surface area contributed by atoms with Crippen molar-refractivity contribution < 1.29 is 0 Å². The molecule has 0 bridgehead atoms. The Morgan fingerprint density at radius 2 is 2.00 bits per heavy atom. The second kappa shape index (κ2) is 4.92. The third-order valence-corrected chi connectivity index (χ3v) is 4.05. The van der Waals surface area contributed by atoms with Crippen molar-refractivity contribution in [1.82, 2.24) is 10.2 Å². The zero-order chi connectivity index (χ0) is 10.7. The van der Waals surface area contributed by atoms with Crippen LogP contribution in [0.3, 0.4) is 0 Å². The van der Waals surface area contributed by atoms with Gasteiger partial charge < -0.3 is 5.32 Å². The first-order chi connectivity index (χ1) is 7.28. The lowest BCUT2D eigenvalue weighted by Gasteiger charge is -2.28. The Hall–Kier alpha value is -0.640. The first-order valence-electron chi connectivity index (χ1n) is 5.84. The Labute approximate surface area is 95.3 Å². The molecule has 1 aromatic rings. The molecule has 84 valence electrons. The normalized spacial score (nSPS) is 26.5. The maximum absolute atomic E-state index is 4.11. The predicted octanol–water partition coefficient (Wildman–Crippen LogP) is 3.23. The summed E-state index contributed by atoms with van der Waals surface area (Å²) in [5.41, 5.74) is 0. The Kier molecular flexibility index (Phi) is 3.57. The Morgan fingerprint density at radius 3 is 2.53 bits per heavy atom. The fourth-order valence-electron chi connectivity index (χ4n) is 2.24. The summed E-state index contributed by atoms with van der Waals surface area (Å²) in [4.78, 5) is 0. The van der Waals surface area contributed by atoms with Crippen LogP contribution >= 0.6 is 11.3 Å². The number of aryl methyl sites for hydroxylation is 1. The molecule has 1 heterocycles. The summed E-state index contributed by atoms with van der Waals surface area (Å²) < 4.78 is 0. The Morgan fingerprint density at radius 1 is 1.27 bits per heavy atom. The van der Waals surface area contributed by atoms with E-state index in [2.05, 4.69) is 22.4 Å². The van der Waals surface area contributed by atoms with Crippen molar-refractivity contribution in [3.8, 4) is 0 Å². The fraction of sp³-hybridized carbons (Fsp3) is 0.818. The molecule has 1 aliphatic carbocycles. The second-order valence-corrected chi connectivity index (χ2v) is 5.58. The SMILES string of the molecule is CCC1CCC(Nc2nnc(C)s2)CC1.